The lowest BCUT2D eigenvalue weighted by Gasteiger charge is -2.11. The van der Waals surface area contributed by atoms with E-state index in [1.54, 1.807) is 14.0 Å². The second kappa shape index (κ2) is 7.08. The lowest BCUT2D eigenvalue weighted by Crippen LogP contribution is -2.35. The zero-order valence-electron chi connectivity index (χ0n) is 11.6. The van der Waals surface area contributed by atoms with Gasteiger partial charge in [-0.15, -0.1) is 0 Å². The average Bonchev–Trinajstić information content (AvgIpc) is 2.76. The second-order valence-corrected chi connectivity index (χ2v) is 4.95. The van der Waals surface area contributed by atoms with E-state index in [4.69, 9.17) is 4.74 Å². The number of anilines is 1. The minimum Gasteiger partial charge on any atom is -0.452 e. The van der Waals surface area contributed by atoms with Crippen molar-refractivity contribution < 1.29 is 14.3 Å². The smallest absolute Gasteiger partial charge is 0.343 e. The number of carbonyl (C=O) groups excluding carboxylic acids is 2. The van der Waals surface area contributed by atoms with Crippen LogP contribution in [0.4, 0.5) is 5.00 Å². The van der Waals surface area contributed by atoms with Crippen molar-refractivity contribution in [2.45, 2.75) is 33.2 Å². The van der Waals surface area contributed by atoms with Gasteiger partial charge in [-0.2, -0.15) is 4.37 Å². The summed E-state index contributed by atoms with van der Waals surface area (Å²) < 4.78 is 9.07. The van der Waals surface area contributed by atoms with Crippen LogP contribution in [0.15, 0.2) is 0 Å². The van der Waals surface area contributed by atoms with Gasteiger partial charge in [-0.1, -0.05) is 6.92 Å². The van der Waals surface area contributed by atoms with Crippen LogP contribution in [-0.2, 0) is 9.53 Å². The number of hydrogen-bond donors (Lipinski definition) is 2. The fourth-order valence-electron chi connectivity index (χ4n) is 1.40. The van der Waals surface area contributed by atoms with Crippen molar-refractivity contribution in [3.8, 4) is 0 Å². The van der Waals surface area contributed by atoms with Crippen LogP contribution in [0, 0.1) is 6.92 Å². The predicted molar refractivity (Wildman–Crippen MR) is 74.6 cm³/mol. The lowest BCUT2D eigenvalue weighted by molar-refractivity contribution is -0.124. The SMILES string of the molecule is CC[C@@H](C)NC(=O)COC(=O)c1c(C)nsc1NC. The molecular weight excluding hydrogens is 266 g/mol. The van der Waals surface area contributed by atoms with Gasteiger partial charge in [0.1, 0.15) is 10.6 Å². The number of aryl methyl sites for hydroxylation is 1. The van der Waals surface area contributed by atoms with Crippen LogP contribution in [-0.4, -0.2) is 35.9 Å². The third-order valence-electron chi connectivity index (χ3n) is 2.65. The summed E-state index contributed by atoms with van der Waals surface area (Å²) in [6, 6.07) is 0.0728. The summed E-state index contributed by atoms with van der Waals surface area (Å²) in [5, 5.41) is 6.25. The third kappa shape index (κ3) is 4.20. The lowest BCUT2D eigenvalue weighted by atomic mass is 10.2. The highest BCUT2D eigenvalue weighted by molar-refractivity contribution is 7.10. The Morgan fingerprint density at radius 3 is 2.74 bits per heavy atom. The average molecular weight is 285 g/mol. The molecule has 0 aliphatic rings. The van der Waals surface area contributed by atoms with E-state index in [9.17, 15) is 9.59 Å². The minimum atomic E-state index is -0.532. The molecule has 1 heterocycles. The molecule has 106 valence electrons. The Kier molecular flexibility index (Phi) is 5.75. The molecule has 0 aliphatic heterocycles. The molecule has 0 saturated heterocycles. The Hall–Kier alpha value is -1.63. The topological polar surface area (TPSA) is 80.3 Å². The number of nitrogens with zero attached hydrogens (tertiary/aromatic N) is 1. The van der Waals surface area contributed by atoms with Crippen molar-refractivity contribution in [1.29, 1.82) is 0 Å². The molecule has 0 radical (unpaired) electrons. The van der Waals surface area contributed by atoms with Crippen LogP contribution in [0.1, 0.15) is 36.3 Å². The van der Waals surface area contributed by atoms with Gasteiger partial charge in [0.25, 0.3) is 5.91 Å². The van der Waals surface area contributed by atoms with Gasteiger partial charge in [0.15, 0.2) is 6.61 Å². The predicted octanol–water partition coefficient (Wildman–Crippen LogP) is 1.56. The molecule has 6 nitrogen and oxygen atoms in total. The van der Waals surface area contributed by atoms with E-state index < -0.39 is 5.97 Å². The Labute approximate surface area is 116 Å². The van der Waals surface area contributed by atoms with Gasteiger partial charge >= 0.3 is 5.97 Å². The van der Waals surface area contributed by atoms with E-state index in [0.29, 0.717) is 16.3 Å². The van der Waals surface area contributed by atoms with Gasteiger partial charge in [-0.3, -0.25) is 4.79 Å². The van der Waals surface area contributed by atoms with Crippen LogP contribution in [0.25, 0.3) is 0 Å². The summed E-state index contributed by atoms with van der Waals surface area (Å²) in [7, 11) is 1.71. The fourth-order valence-corrected chi connectivity index (χ4v) is 2.14. The first kappa shape index (κ1) is 15.4. The quantitative estimate of drug-likeness (QED) is 0.775. The monoisotopic (exact) mass is 285 g/mol. The van der Waals surface area contributed by atoms with Crippen LogP contribution >= 0.6 is 11.5 Å². The maximum Gasteiger partial charge on any atom is 0.343 e. The number of nitrogens with one attached hydrogen (secondary N) is 2. The second-order valence-electron chi connectivity index (χ2n) is 4.18. The maximum absolute atomic E-state index is 11.9. The number of ether oxygens (including phenoxy) is 1. The Balaban J connectivity index is 2.56. The van der Waals surface area contributed by atoms with E-state index in [1.807, 2.05) is 13.8 Å². The van der Waals surface area contributed by atoms with Crippen LogP contribution in [0.3, 0.4) is 0 Å². The van der Waals surface area contributed by atoms with E-state index in [0.717, 1.165) is 6.42 Å². The molecule has 0 aromatic carbocycles. The minimum absolute atomic E-state index is 0.0728. The summed E-state index contributed by atoms with van der Waals surface area (Å²) in [5.74, 6) is -0.829. The highest BCUT2D eigenvalue weighted by atomic mass is 32.1. The van der Waals surface area contributed by atoms with Gasteiger partial charge < -0.3 is 15.4 Å². The first-order valence-corrected chi connectivity index (χ1v) is 6.87. The highest BCUT2D eigenvalue weighted by Crippen LogP contribution is 2.24. The zero-order valence-corrected chi connectivity index (χ0v) is 12.4. The fraction of sp³-hybridized carbons (Fsp3) is 0.583. The maximum atomic E-state index is 11.9. The molecular formula is C12H19N3O3S. The van der Waals surface area contributed by atoms with Gasteiger partial charge in [0.05, 0.1) is 5.69 Å². The van der Waals surface area contributed by atoms with Gasteiger partial charge in [0.2, 0.25) is 0 Å². The summed E-state index contributed by atoms with van der Waals surface area (Å²) in [4.78, 5) is 23.4. The van der Waals surface area contributed by atoms with Crippen molar-refractivity contribution in [3.63, 3.8) is 0 Å². The van der Waals surface area contributed by atoms with Gasteiger partial charge in [-0.25, -0.2) is 4.79 Å². The zero-order chi connectivity index (χ0) is 14.4. The Morgan fingerprint density at radius 2 is 2.16 bits per heavy atom. The molecule has 2 N–H and O–H groups in total. The number of aromatic nitrogens is 1. The standard InChI is InChI=1S/C12H19N3O3S/c1-5-7(2)14-9(16)6-18-12(17)10-8(3)15-19-11(10)13-4/h7,13H,5-6H2,1-4H3,(H,14,16)/t7-/m1/s1. The summed E-state index contributed by atoms with van der Waals surface area (Å²) in [5.41, 5.74) is 0.991. The third-order valence-corrected chi connectivity index (χ3v) is 3.60. The van der Waals surface area contributed by atoms with Crippen molar-refractivity contribution in [1.82, 2.24) is 9.69 Å². The molecule has 0 bridgehead atoms. The molecule has 1 aromatic rings. The molecule has 19 heavy (non-hydrogen) atoms. The molecule has 0 aliphatic carbocycles. The van der Waals surface area contributed by atoms with Crippen molar-refractivity contribution in [2.75, 3.05) is 19.0 Å². The summed E-state index contributed by atoms with van der Waals surface area (Å²) in [6.45, 7) is 5.32. The Morgan fingerprint density at radius 1 is 1.47 bits per heavy atom. The van der Waals surface area contributed by atoms with Crippen LogP contribution in [0.2, 0.25) is 0 Å². The van der Waals surface area contributed by atoms with E-state index >= 15 is 0 Å². The van der Waals surface area contributed by atoms with Crippen molar-refractivity contribution in [3.05, 3.63) is 11.3 Å². The number of carbonyl (C=O) groups is 2. The molecule has 0 spiro atoms. The van der Waals surface area contributed by atoms with Crippen molar-refractivity contribution in [2.24, 2.45) is 0 Å². The van der Waals surface area contributed by atoms with E-state index in [-0.39, 0.29) is 18.6 Å². The molecule has 1 atom stereocenters. The largest absolute Gasteiger partial charge is 0.452 e. The molecule has 7 heteroatoms. The molecule has 1 aromatic heterocycles. The first-order valence-electron chi connectivity index (χ1n) is 6.10. The molecule has 0 saturated carbocycles. The first-order chi connectivity index (χ1) is 8.99. The molecule has 0 unspecified atom stereocenters. The van der Waals surface area contributed by atoms with Crippen LogP contribution in [0.5, 0.6) is 0 Å². The van der Waals surface area contributed by atoms with Crippen molar-refractivity contribution >= 4 is 28.4 Å². The van der Waals surface area contributed by atoms with E-state index in [2.05, 4.69) is 15.0 Å². The number of hydrogen-bond acceptors (Lipinski definition) is 6. The van der Waals surface area contributed by atoms with Gasteiger partial charge in [0, 0.05) is 13.1 Å². The number of amides is 1. The highest BCUT2D eigenvalue weighted by Gasteiger charge is 2.20. The molecule has 1 amide bonds. The summed E-state index contributed by atoms with van der Waals surface area (Å²) >= 11 is 1.19. The van der Waals surface area contributed by atoms with E-state index in [1.165, 1.54) is 11.5 Å². The Bertz CT molecular complexity index is 459. The molecule has 0 fully saturated rings. The number of esters is 1. The molecule has 1 rings (SSSR count). The summed E-state index contributed by atoms with van der Waals surface area (Å²) in [6.07, 6.45) is 0.831. The van der Waals surface area contributed by atoms with Gasteiger partial charge in [-0.05, 0) is 31.8 Å². The van der Waals surface area contributed by atoms with Crippen LogP contribution < -0.4 is 10.6 Å². The number of rotatable bonds is 6. The normalized spacial score (nSPS) is 11.8.